The van der Waals surface area contributed by atoms with Crippen LogP contribution in [0.5, 0.6) is 5.75 Å². The molecule has 0 aromatic heterocycles. The standard InChI is InChI=1S/C16H21NO4/c1-15(2)20-11-16(12-21-15)9-17(10-16)14(18)8-19-13-6-4-3-5-7-13/h3-7H,8-12H2,1-2H3. The van der Waals surface area contributed by atoms with E-state index in [-0.39, 0.29) is 17.9 Å². The first-order chi connectivity index (χ1) is 9.98. The lowest BCUT2D eigenvalue weighted by Gasteiger charge is -2.53. The van der Waals surface area contributed by atoms with E-state index in [9.17, 15) is 4.79 Å². The van der Waals surface area contributed by atoms with Gasteiger partial charge in [-0.05, 0) is 26.0 Å². The highest BCUT2D eigenvalue weighted by Gasteiger charge is 2.50. The highest BCUT2D eigenvalue weighted by atomic mass is 16.7. The van der Waals surface area contributed by atoms with Crippen LogP contribution in [0.15, 0.2) is 30.3 Å². The molecule has 0 aliphatic carbocycles. The molecule has 5 heteroatoms. The van der Waals surface area contributed by atoms with Gasteiger partial charge in [0.2, 0.25) is 0 Å². The zero-order chi connectivity index (χ0) is 14.9. The maximum Gasteiger partial charge on any atom is 0.260 e. The smallest absolute Gasteiger partial charge is 0.260 e. The van der Waals surface area contributed by atoms with Crippen molar-refractivity contribution in [2.24, 2.45) is 5.41 Å². The molecule has 1 aromatic rings. The number of ether oxygens (including phenoxy) is 3. The van der Waals surface area contributed by atoms with E-state index in [1.165, 1.54) is 0 Å². The fraction of sp³-hybridized carbons (Fsp3) is 0.562. The van der Waals surface area contributed by atoms with Crippen LogP contribution < -0.4 is 4.74 Å². The Hall–Kier alpha value is -1.59. The monoisotopic (exact) mass is 291 g/mol. The third-order valence-corrected chi connectivity index (χ3v) is 3.96. The topological polar surface area (TPSA) is 48.0 Å². The normalized spacial score (nSPS) is 22.7. The zero-order valence-electron chi connectivity index (χ0n) is 12.5. The van der Waals surface area contributed by atoms with E-state index in [1.807, 2.05) is 44.2 Å². The summed E-state index contributed by atoms with van der Waals surface area (Å²) in [6, 6.07) is 9.37. The molecule has 2 aliphatic rings. The Morgan fingerprint density at radius 3 is 2.43 bits per heavy atom. The van der Waals surface area contributed by atoms with Gasteiger partial charge in [-0.2, -0.15) is 0 Å². The van der Waals surface area contributed by atoms with Gasteiger partial charge in [-0.25, -0.2) is 0 Å². The maximum absolute atomic E-state index is 12.1. The second kappa shape index (κ2) is 5.31. The number of nitrogens with zero attached hydrogens (tertiary/aromatic N) is 1. The largest absolute Gasteiger partial charge is 0.484 e. The van der Waals surface area contributed by atoms with Gasteiger partial charge in [0.25, 0.3) is 5.91 Å². The van der Waals surface area contributed by atoms with Crippen LogP contribution in [0.4, 0.5) is 0 Å². The van der Waals surface area contributed by atoms with E-state index < -0.39 is 5.79 Å². The Morgan fingerprint density at radius 1 is 1.19 bits per heavy atom. The predicted octanol–water partition coefficient (Wildman–Crippen LogP) is 1.68. The number of rotatable bonds is 3. The van der Waals surface area contributed by atoms with Crippen LogP contribution in [0, 0.1) is 5.41 Å². The van der Waals surface area contributed by atoms with E-state index in [2.05, 4.69) is 0 Å². The quantitative estimate of drug-likeness (QED) is 0.850. The summed E-state index contributed by atoms with van der Waals surface area (Å²) < 4.78 is 16.9. The molecule has 0 N–H and O–H groups in total. The molecule has 114 valence electrons. The number of amides is 1. The summed E-state index contributed by atoms with van der Waals surface area (Å²) in [6.45, 7) is 6.55. The second-order valence-electron chi connectivity index (χ2n) is 6.33. The molecule has 1 aromatic carbocycles. The van der Waals surface area contributed by atoms with Gasteiger partial charge in [0, 0.05) is 13.1 Å². The molecular weight excluding hydrogens is 270 g/mol. The van der Waals surface area contributed by atoms with Crippen molar-refractivity contribution in [1.82, 2.24) is 4.90 Å². The lowest BCUT2D eigenvalue weighted by Crippen LogP contribution is -2.66. The first-order valence-electron chi connectivity index (χ1n) is 7.22. The molecule has 0 atom stereocenters. The molecule has 21 heavy (non-hydrogen) atoms. The lowest BCUT2D eigenvalue weighted by molar-refractivity contribution is -0.303. The van der Waals surface area contributed by atoms with E-state index in [1.54, 1.807) is 4.90 Å². The van der Waals surface area contributed by atoms with Crippen molar-refractivity contribution < 1.29 is 19.0 Å². The van der Waals surface area contributed by atoms with Crippen LogP contribution in [-0.4, -0.2) is 49.5 Å². The van der Waals surface area contributed by atoms with Crippen molar-refractivity contribution in [1.29, 1.82) is 0 Å². The van der Waals surface area contributed by atoms with Crippen molar-refractivity contribution in [2.75, 3.05) is 32.9 Å². The molecule has 5 nitrogen and oxygen atoms in total. The van der Waals surface area contributed by atoms with Gasteiger partial charge in [0.1, 0.15) is 5.75 Å². The fourth-order valence-corrected chi connectivity index (χ4v) is 2.61. The summed E-state index contributed by atoms with van der Waals surface area (Å²) in [6.07, 6.45) is 0. The maximum atomic E-state index is 12.1. The highest BCUT2D eigenvalue weighted by molar-refractivity contribution is 5.78. The molecule has 0 saturated carbocycles. The number of carbonyl (C=O) groups excluding carboxylic acids is 1. The van der Waals surface area contributed by atoms with Gasteiger partial charge in [0.15, 0.2) is 12.4 Å². The summed E-state index contributed by atoms with van der Waals surface area (Å²) in [5, 5.41) is 0. The molecule has 2 fully saturated rings. The minimum Gasteiger partial charge on any atom is -0.484 e. The van der Waals surface area contributed by atoms with E-state index in [0.29, 0.717) is 32.1 Å². The minimum atomic E-state index is -0.508. The van der Waals surface area contributed by atoms with E-state index in [4.69, 9.17) is 14.2 Å². The fourth-order valence-electron chi connectivity index (χ4n) is 2.61. The van der Waals surface area contributed by atoms with Gasteiger partial charge < -0.3 is 19.1 Å². The molecule has 2 heterocycles. The third kappa shape index (κ3) is 3.19. The number of likely N-dealkylation sites (tertiary alicyclic amines) is 1. The zero-order valence-corrected chi connectivity index (χ0v) is 12.5. The molecule has 2 aliphatic heterocycles. The number of hydrogen-bond donors (Lipinski definition) is 0. The first kappa shape index (κ1) is 14.4. The van der Waals surface area contributed by atoms with Crippen LogP contribution in [0.25, 0.3) is 0 Å². The SMILES string of the molecule is CC1(C)OCC2(CO1)CN(C(=O)COc1ccccc1)C2. The third-order valence-electron chi connectivity index (χ3n) is 3.96. The molecule has 1 spiro atoms. The summed E-state index contributed by atoms with van der Waals surface area (Å²) in [7, 11) is 0. The lowest BCUT2D eigenvalue weighted by atomic mass is 9.80. The van der Waals surface area contributed by atoms with Crippen LogP contribution in [0.1, 0.15) is 13.8 Å². The van der Waals surface area contributed by atoms with Crippen LogP contribution in [-0.2, 0) is 14.3 Å². The van der Waals surface area contributed by atoms with Gasteiger partial charge in [-0.15, -0.1) is 0 Å². The van der Waals surface area contributed by atoms with Crippen LogP contribution in [0.3, 0.4) is 0 Å². The molecular formula is C16H21NO4. The molecule has 2 saturated heterocycles. The first-order valence-corrected chi connectivity index (χ1v) is 7.22. The van der Waals surface area contributed by atoms with E-state index >= 15 is 0 Å². The number of benzene rings is 1. The molecule has 0 radical (unpaired) electrons. The second-order valence-corrected chi connectivity index (χ2v) is 6.33. The van der Waals surface area contributed by atoms with Crippen molar-refractivity contribution >= 4 is 5.91 Å². The minimum absolute atomic E-state index is 0.00862. The van der Waals surface area contributed by atoms with Crippen molar-refractivity contribution in [2.45, 2.75) is 19.6 Å². The Labute approximate surface area is 124 Å². The summed E-state index contributed by atoms with van der Waals surface area (Å²) in [5.74, 6) is 0.216. The molecule has 1 amide bonds. The Morgan fingerprint density at radius 2 is 1.81 bits per heavy atom. The van der Waals surface area contributed by atoms with Gasteiger partial charge in [-0.1, -0.05) is 18.2 Å². The Balaban J connectivity index is 1.45. The molecule has 3 rings (SSSR count). The Kier molecular flexibility index (Phi) is 3.63. The van der Waals surface area contributed by atoms with Crippen molar-refractivity contribution in [3.8, 4) is 5.75 Å². The average Bonchev–Trinajstić information content (AvgIpc) is 2.44. The summed E-state index contributed by atoms with van der Waals surface area (Å²) in [4.78, 5) is 13.9. The predicted molar refractivity (Wildman–Crippen MR) is 76.9 cm³/mol. The van der Waals surface area contributed by atoms with Gasteiger partial charge >= 0.3 is 0 Å². The van der Waals surface area contributed by atoms with Gasteiger partial charge in [-0.3, -0.25) is 4.79 Å². The number of para-hydroxylation sites is 1. The van der Waals surface area contributed by atoms with Crippen LogP contribution >= 0.6 is 0 Å². The van der Waals surface area contributed by atoms with Crippen LogP contribution in [0.2, 0.25) is 0 Å². The molecule has 0 bridgehead atoms. The molecule has 0 unspecified atom stereocenters. The van der Waals surface area contributed by atoms with Crippen molar-refractivity contribution in [3.05, 3.63) is 30.3 Å². The number of hydrogen-bond acceptors (Lipinski definition) is 4. The number of carbonyl (C=O) groups is 1. The van der Waals surface area contributed by atoms with Gasteiger partial charge in [0.05, 0.1) is 18.6 Å². The van der Waals surface area contributed by atoms with E-state index in [0.717, 1.165) is 0 Å². The summed E-state index contributed by atoms with van der Waals surface area (Å²) in [5.41, 5.74) is -0.0298. The Bertz CT molecular complexity index is 496. The summed E-state index contributed by atoms with van der Waals surface area (Å²) >= 11 is 0. The highest BCUT2D eigenvalue weighted by Crippen LogP contribution is 2.37. The van der Waals surface area contributed by atoms with Crippen molar-refractivity contribution in [3.63, 3.8) is 0 Å². The average molecular weight is 291 g/mol.